The summed E-state index contributed by atoms with van der Waals surface area (Å²) in [6.45, 7) is 6.50. The fourth-order valence-electron chi connectivity index (χ4n) is 3.22. The van der Waals surface area contributed by atoms with Crippen LogP contribution in [0.15, 0.2) is 29.2 Å². The molecule has 2 aromatic rings. The molecule has 9 heteroatoms. The van der Waals surface area contributed by atoms with Crippen LogP contribution in [0.4, 0.5) is 4.79 Å². The Morgan fingerprint density at radius 1 is 1.26 bits per heavy atom. The van der Waals surface area contributed by atoms with Crippen LogP contribution in [-0.2, 0) is 4.74 Å². The number of likely N-dealkylation sites (tertiary alicyclic amines) is 1. The Bertz CT molecular complexity index is 898. The molecule has 8 nitrogen and oxygen atoms in total. The van der Waals surface area contributed by atoms with Crippen LogP contribution in [0.25, 0.3) is 10.8 Å². The van der Waals surface area contributed by atoms with Crippen LogP contribution in [-0.4, -0.2) is 56.6 Å². The van der Waals surface area contributed by atoms with Gasteiger partial charge in [-0.25, -0.2) is 9.48 Å². The minimum Gasteiger partial charge on any atom is -0.444 e. The van der Waals surface area contributed by atoms with Gasteiger partial charge in [-0.3, -0.25) is 4.79 Å². The molecule has 0 spiro atoms. The molecule has 3 rings (SSSR count). The summed E-state index contributed by atoms with van der Waals surface area (Å²) in [5, 5.41) is 23.8. The zero-order valence-corrected chi connectivity index (χ0v) is 15.8. The van der Waals surface area contributed by atoms with Gasteiger partial charge in [-0.15, -0.1) is 0 Å². The van der Waals surface area contributed by atoms with E-state index in [-0.39, 0.29) is 17.7 Å². The lowest BCUT2D eigenvalue weighted by atomic mass is 9.80. The molecule has 1 aliphatic heterocycles. The lowest BCUT2D eigenvalue weighted by Crippen LogP contribution is -2.43. The predicted molar refractivity (Wildman–Crippen MR) is 102 cm³/mol. The van der Waals surface area contributed by atoms with E-state index in [0.717, 1.165) is 0 Å². The molecule has 0 unspecified atom stereocenters. The lowest BCUT2D eigenvalue weighted by Gasteiger charge is -2.33. The number of carbonyl (C=O) groups is 1. The lowest BCUT2D eigenvalue weighted by molar-refractivity contribution is 0.0183. The quantitative estimate of drug-likeness (QED) is 0.749. The molecule has 1 aromatic heterocycles. The number of rotatable bonds is 2. The minimum absolute atomic E-state index is 0.0938. The van der Waals surface area contributed by atoms with Gasteiger partial charge >= 0.3 is 13.2 Å². The second kappa shape index (κ2) is 7.32. The number of benzene rings is 1. The zero-order chi connectivity index (χ0) is 19.8. The second-order valence-corrected chi connectivity index (χ2v) is 7.81. The zero-order valence-electron chi connectivity index (χ0n) is 15.8. The number of aromatic nitrogens is 2. The summed E-state index contributed by atoms with van der Waals surface area (Å²) in [5.74, 6) is 0. The molecule has 1 aromatic carbocycles. The fourth-order valence-corrected chi connectivity index (χ4v) is 3.22. The summed E-state index contributed by atoms with van der Waals surface area (Å²) in [5.41, 5.74) is -0.444. The number of carbonyl (C=O) groups excluding carboxylic acids is 1. The number of nitrogens with zero attached hydrogens (tertiary/aromatic N) is 3. The van der Waals surface area contributed by atoms with Crippen molar-refractivity contribution in [2.24, 2.45) is 0 Å². The molecule has 1 aliphatic rings. The average Bonchev–Trinajstić information content (AvgIpc) is 2.60. The van der Waals surface area contributed by atoms with Gasteiger partial charge in [-0.2, -0.15) is 5.10 Å². The van der Waals surface area contributed by atoms with Crippen LogP contribution in [0, 0.1) is 0 Å². The molecular formula is C18H24BN3O5. The van der Waals surface area contributed by atoms with Gasteiger partial charge in [0, 0.05) is 18.5 Å². The van der Waals surface area contributed by atoms with E-state index in [1.165, 1.54) is 10.7 Å². The van der Waals surface area contributed by atoms with Crippen LogP contribution in [0.3, 0.4) is 0 Å². The maximum Gasteiger partial charge on any atom is 0.488 e. The number of hydrogen-bond donors (Lipinski definition) is 2. The molecular weight excluding hydrogens is 349 g/mol. The van der Waals surface area contributed by atoms with E-state index in [1.807, 2.05) is 20.8 Å². The minimum atomic E-state index is -1.59. The SMILES string of the molecule is CC(C)(C)OC(=O)N1CCC(n2ncc3cc(B(O)O)ccc3c2=O)CC1. The molecule has 0 saturated carbocycles. The third kappa shape index (κ3) is 4.31. The summed E-state index contributed by atoms with van der Waals surface area (Å²) in [6, 6.07) is 4.55. The van der Waals surface area contributed by atoms with Crippen LogP contribution < -0.4 is 11.0 Å². The number of piperidine rings is 1. The number of ether oxygens (including phenoxy) is 1. The van der Waals surface area contributed by atoms with E-state index in [0.29, 0.717) is 42.2 Å². The monoisotopic (exact) mass is 373 g/mol. The van der Waals surface area contributed by atoms with Gasteiger partial charge in [-0.05, 0) is 45.1 Å². The molecule has 1 fully saturated rings. The first-order chi connectivity index (χ1) is 12.7. The topological polar surface area (TPSA) is 105 Å². The van der Waals surface area contributed by atoms with Crippen molar-refractivity contribution in [3.05, 3.63) is 34.7 Å². The van der Waals surface area contributed by atoms with E-state index < -0.39 is 12.7 Å². The number of fused-ring (bicyclic) bond motifs is 1. The van der Waals surface area contributed by atoms with Crippen molar-refractivity contribution in [3.63, 3.8) is 0 Å². The maximum absolute atomic E-state index is 12.8. The van der Waals surface area contributed by atoms with Gasteiger partial charge in [0.05, 0.1) is 17.6 Å². The van der Waals surface area contributed by atoms with Gasteiger partial charge in [0.2, 0.25) is 0 Å². The summed E-state index contributed by atoms with van der Waals surface area (Å²) in [7, 11) is -1.59. The fraction of sp³-hybridized carbons (Fsp3) is 0.500. The Morgan fingerprint density at radius 2 is 1.93 bits per heavy atom. The van der Waals surface area contributed by atoms with Gasteiger partial charge in [0.1, 0.15) is 5.60 Å². The molecule has 0 atom stereocenters. The van der Waals surface area contributed by atoms with Crippen molar-refractivity contribution in [3.8, 4) is 0 Å². The molecule has 1 amide bonds. The Kier molecular flexibility index (Phi) is 5.25. The Morgan fingerprint density at radius 3 is 2.52 bits per heavy atom. The molecule has 0 bridgehead atoms. The third-order valence-electron chi connectivity index (χ3n) is 4.60. The summed E-state index contributed by atoms with van der Waals surface area (Å²) in [6.07, 6.45) is 2.45. The third-order valence-corrected chi connectivity index (χ3v) is 4.60. The van der Waals surface area contributed by atoms with E-state index in [9.17, 15) is 19.6 Å². The van der Waals surface area contributed by atoms with Crippen molar-refractivity contribution >= 4 is 29.4 Å². The molecule has 0 aliphatic carbocycles. The van der Waals surface area contributed by atoms with Crippen molar-refractivity contribution in [1.82, 2.24) is 14.7 Å². The van der Waals surface area contributed by atoms with Crippen molar-refractivity contribution in [2.75, 3.05) is 13.1 Å². The first-order valence-corrected chi connectivity index (χ1v) is 9.01. The number of hydrogen-bond acceptors (Lipinski definition) is 6. The van der Waals surface area contributed by atoms with Crippen molar-refractivity contribution in [2.45, 2.75) is 45.3 Å². The van der Waals surface area contributed by atoms with E-state index in [2.05, 4.69) is 5.10 Å². The van der Waals surface area contributed by atoms with Gasteiger partial charge in [0.15, 0.2) is 0 Å². The molecule has 1 saturated heterocycles. The highest BCUT2D eigenvalue weighted by atomic mass is 16.6. The summed E-state index contributed by atoms with van der Waals surface area (Å²) < 4.78 is 6.85. The van der Waals surface area contributed by atoms with E-state index in [4.69, 9.17) is 4.74 Å². The van der Waals surface area contributed by atoms with Crippen LogP contribution >= 0.6 is 0 Å². The highest BCUT2D eigenvalue weighted by molar-refractivity contribution is 6.58. The standard InChI is InChI=1S/C18H24BN3O5/c1-18(2,3)27-17(24)21-8-6-14(7-9-21)22-16(23)15-5-4-13(19(25)26)10-12(15)11-20-22/h4-5,10-11,14,25-26H,6-9H2,1-3H3. The average molecular weight is 373 g/mol. The first kappa shape index (κ1) is 19.4. The molecule has 2 heterocycles. The Hall–Kier alpha value is -2.39. The molecule has 2 N–H and O–H groups in total. The predicted octanol–water partition coefficient (Wildman–Crippen LogP) is 0.648. The highest BCUT2D eigenvalue weighted by Gasteiger charge is 2.28. The van der Waals surface area contributed by atoms with Crippen LogP contribution in [0.1, 0.15) is 39.7 Å². The maximum atomic E-state index is 12.8. The van der Waals surface area contributed by atoms with Crippen molar-refractivity contribution < 1.29 is 19.6 Å². The molecule has 144 valence electrons. The largest absolute Gasteiger partial charge is 0.488 e. The van der Waals surface area contributed by atoms with Crippen LogP contribution in [0.2, 0.25) is 0 Å². The van der Waals surface area contributed by atoms with Gasteiger partial charge < -0.3 is 19.7 Å². The number of amides is 1. The van der Waals surface area contributed by atoms with E-state index in [1.54, 1.807) is 23.2 Å². The Labute approximate surface area is 157 Å². The molecule has 27 heavy (non-hydrogen) atoms. The van der Waals surface area contributed by atoms with Crippen molar-refractivity contribution in [1.29, 1.82) is 0 Å². The van der Waals surface area contributed by atoms with Gasteiger partial charge in [-0.1, -0.05) is 12.1 Å². The second-order valence-electron chi connectivity index (χ2n) is 7.81. The van der Waals surface area contributed by atoms with Gasteiger partial charge in [0.25, 0.3) is 5.56 Å². The highest BCUT2D eigenvalue weighted by Crippen LogP contribution is 2.22. The van der Waals surface area contributed by atoms with Crippen LogP contribution in [0.5, 0.6) is 0 Å². The Balaban J connectivity index is 1.75. The molecule has 0 radical (unpaired) electrons. The first-order valence-electron chi connectivity index (χ1n) is 9.01. The normalized spacial score (nSPS) is 15.8. The smallest absolute Gasteiger partial charge is 0.444 e. The summed E-state index contributed by atoms with van der Waals surface area (Å²) in [4.78, 5) is 26.6. The summed E-state index contributed by atoms with van der Waals surface area (Å²) >= 11 is 0. The van der Waals surface area contributed by atoms with E-state index >= 15 is 0 Å².